The Kier molecular flexibility index (Phi) is 4.16. The molecule has 2 aromatic rings. The molecule has 0 spiro atoms. The molecule has 5 heteroatoms. The lowest BCUT2D eigenvalue weighted by molar-refractivity contribution is -0.121. The number of aromatic nitrogens is 1. The molecule has 4 nitrogen and oxygen atoms in total. The lowest BCUT2D eigenvalue weighted by Crippen LogP contribution is -2.30. The molecule has 2 rings (SSSR count). The molecule has 19 heavy (non-hydrogen) atoms. The molecule has 0 aliphatic rings. The van der Waals surface area contributed by atoms with Crippen LogP contribution in [0.15, 0.2) is 34.4 Å². The second-order valence-electron chi connectivity index (χ2n) is 4.43. The Bertz CT molecular complexity index is 643. The molecule has 0 aliphatic carbocycles. The van der Waals surface area contributed by atoms with Crippen molar-refractivity contribution >= 4 is 17.2 Å². The molecule has 1 heterocycles. The maximum Gasteiger partial charge on any atom is 0.307 e. The Balaban J connectivity index is 1.96. The molecule has 0 aliphatic heterocycles. The number of carbonyl (C=O) groups is 1. The van der Waals surface area contributed by atoms with Gasteiger partial charge in [-0.25, -0.2) is 0 Å². The van der Waals surface area contributed by atoms with Gasteiger partial charge in [0.15, 0.2) is 0 Å². The van der Waals surface area contributed by atoms with Gasteiger partial charge >= 0.3 is 4.87 Å². The van der Waals surface area contributed by atoms with Gasteiger partial charge in [-0.1, -0.05) is 35.6 Å². The van der Waals surface area contributed by atoms with Gasteiger partial charge in [-0.2, -0.15) is 0 Å². The molecule has 0 radical (unpaired) electrons. The summed E-state index contributed by atoms with van der Waals surface area (Å²) in [5, 5.41) is 4.60. The summed E-state index contributed by atoms with van der Waals surface area (Å²) < 4.78 is 1.48. The maximum absolute atomic E-state index is 11.8. The Morgan fingerprint density at radius 1 is 1.32 bits per heavy atom. The smallest absolute Gasteiger partial charge is 0.307 e. The molecule has 1 aromatic carbocycles. The third kappa shape index (κ3) is 3.32. The molecular formula is C14H16N2O2S. The van der Waals surface area contributed by atoms with E-state index in [0.29, 0.717) is 6.54 Å². The predicted octanol–water partition coefficient (Wildman–Crippen LogP) is 1.84. The number of rotatable bonds is 4. The molecule has 0 saturated heterocycles. The van der Waals surface area contributed by atoms with Crippen molar-refractivity contribution < 1.29 is 4.79 Å². The van der Waals surface area contributed by atoms with E-state index in [2.05, 4.69) is 5.32 Å². The number of carbonyl (C=O) groups excluding carboxylic acids is 1. The first-order valence-electron chi connectivity index (χ1n) is 6.04. The minimum absolute atomic E-state index is 0.0834. The Morgan fingerprint density at radius 2 is 2.05 bits per heavy atom. The van der Waals surface area contributed by atoms with E-state index in [1.807, 2.05) is 38.1 Å². The summed E-state index contributed by atoms with van der Waals surface area (Å²) in [4.78, 5) is 23.2. The fourth-order valence-corrected chi connectivity index (χ4v) is 2.53. The second kappa shape index (κ2) is 5.84. The number of nitrogens with zero attached hydrogens (tertiary/aromatic N) is 1. The molecule has 0 fully saturated rings. The molecular weight excluding hydrogens is 260 g/mol. The van der Waals surface area contributed by atoms with Crippen LogP contribution in [0.4, 0.5) is 0 Å². The standard InChI is InChI=1S/C14H16N2O2S/c1-10-5-3-4-6-12(10)7-15-13(17)8-16-11(2)9-19-14(16)18/h3-6,9H,7-8H2,1-2H3,(H,15,17). The van der Waals surface area contributed by atoms with Gasteiger partial charge in [0.25, 0.3) is 0 Å². The van der Waals surface area contributed by atoms with Gasteiger partial charge in [-0.15, -0.1) is 0 Å². The highest BCUT2D eigenvalue weighted by Gasteiger charge is 2.08. The summed E-state index contributed by atoms with van der Waals surface area (Å²) in [7, 11) is 0. The van der Waals surface area contributed by atoms with Gasteiger partial charge in [0.2, 0.25) is 5.91 Å². The molecule has 1 aromatic heterocycles. The fourth-order valence-electron chi connectivity index (χ4n) is 1.80. The van der Waals surface area contributed by atoms with Crippen molar-refractivity contribution in [1.82, 2.24) is 9.88 Å². The average molecular weight is 276 g/mol. The van der Waals surface area contributed by atoms with Crippen LogP contribution in [-0.2, 0) is 17.9 Å². The third-order valence-electron chi connectivity index (χ3n) is 3.02. The van der Waals surface area contributed by atoms with E-state index in [-0.39, 0.29) is 17.3 Å². The van der Waals surface area contributed by atoms with E-state index in [9.17, 15) is 9.59 Å². The van der Waals surface area contributed by atoms with Crippen molar-refractivity contribution in [3.63, 3.8) is 0 Å². The van der Waals surface area contributed by atoms with Crippen LogP contribution < -0.4 is 10.2 Å². The molecule has 0 unspecified atom stereocenters. The zero-order valence-corrected chi connectivity index (χ0v) is 11.8. The topological polar surface area (TPSA) is 51.1 Å². The zero-order valence-electron chi connectivity index (χ0n) is 11.0. The quantitative estimate of drug-likeness (QED) is 0.926. The first kappa shape index (κ1) is 13.5. The van der Waals surface area contributed by atoms with Gasteiger partial charge in [0.05, 0.1) is 0 Å². The number of benzene rings is 1. The molecule has 1 amide bonds. The Hall–Kier alpha value is -1.88. The monoisotopic (exact) mass is 276 g/mol. The maximum atomic E-state index is 11.8. The van der Waals surface area contributed by atoms with Crippen LogP contribution in [0, 0.1) is 13.8 Å². The minimum atomic E-state index is -0.146. The zero-order chi connectivity index (χ0) is 13.8. The summed E-state index contributed by atoms with van der Waals surface area (Å²) in [5.74, 6) is -0.146. The second-order valence-corrected chi connectivity index (χ2v) is 5.25. The number of nitrogens with one attached hydrogen (secondary N) is 1. The fraction of sp³-hybridized carbons (Fsp3) is 0.286. The molecule has 0 saturated carbocycles. The van der Waals surface area contributed by atoms with Gasteiger partial charge in [-0.05, 0) is 25.0 Å². The number of amides is 1. The van der Waals surface area contributed by atoms with Gasteiger partial charge in [0, 0.05) is 17.6 Å². The summed E-state index contributed by atoms with van der Waals surface area (Å²) in [6.45, 7) is 4.41. The molecule has 100 valence electrons. The van der Waals surface area contributed by atoms with Crippen LogP contribution in [0.3, 0.4) is 0 Å². The first-order valence-corrected chi connectivity index (χ1v) is 6.92. The normalized spacial score (nSPS) is 10.4. The Labute approximate surface area is 115 Å². The number of hydrogen-bond acceptors (Lipinski definition) is 3. The lowest BCUT2D eigenvalue weighted by Gasteiger charge is -2.08. The van der Waals surface area contributed by atoms with E-state index < -0.39 is 0 Å². The lowest BCUT2D eigenvalue weighted by atomic mass is 10.1. The molecule has 1 N–H and O–H groups in total. The van der Waals surface area contributed by atoms with E-state index in [4.69, 9.17) is 0 Å². The minimum Gasteiger partial charge on any atom is -0.350 e. The highest BCUT2D eigenvalue weighted by molar-refractivity contribution is 7.07. The van der Waals surface area contributed by atoms with Crippen molar-refractivity contribution in [1.29, 1.82) is 0 Å². The van der Waals surface area contributed by atoms with Crippen LogP contribution in [0.1, 0.15) is 16.8 Å². The third-order valence-corrected chi connectivity index (χ3v) is 3.90. The van der Waals surface area contributed by atoms with Crippen molar-refractivity contribution in [2.45, 2.75) is 26.9 Å². The van der Waals surface area contributed by atoms with Crippen LogP contribution in [0.5, 0.6) is 0 Å². The number of aryl methyl sites for hydroxylation is 2. The van der Waals surface area contributed by atoms with E-state index in [0.717, 1.165) is 28.2 Å². The Morgan fingerprint density at radius 3 is 2.68 bits per heavy atom. The summed E-state index contributed by atoms with van der Waals surface area (Å²) in [6.07, 6.45) is 0. The van der Waals surface area contributed by atoms with Crippen LogP contribution in [0.2, 0.25) is 0 Å². The van der Waals surface area contributed by atoms with E-state index >= 15 is 0 Å². The van der Waals surface area contributed by atoms with Crippen molar-refractivity contribution in [2.75, 3.05) is 0 Å². The van der Waals surface area contributed by atoms with Gasteiger partial charge in [0.1, 0.15) is 6.54 Å². The highest BCUT2D eigenvalue weighted by atomic mass is 32.1. The van der Waals surface area contributed by atoms with E-state index in [1.54, 1.807) is 5.38 Å². The van der Waals surface area contributed by atoms with E-state index in [1.165, 1.54) is 4.57 Å². The molecule has 0 bridgehead atoms. The van der Waals surface area contributed by atoms with Crippen LogP contribution in [-0.4, -0.2) is 10.5 Å². The first-order chi connectivity index (χ1) is 9.08. The predicted molar refractivity (Wildman–Crippen MR) is 76.3 cm³/mol. The largest absolute Gasteiger partial charge is 0.350 e. The van der Waals surface area contributed by atoms with Crippen molar-refractivity contribution in [2.24, 2.45) is 0 Å². The van der Waals surface area contributed by atoms with Crippen LogP contribution >= 0.6 is 11.3 Å². The summed E-state index contributed by atoms with van der Waals surface area (Å²) in [5.41, 5.74) is 3.05. The van der Waals surface area contributed by atoms with Crippen molar-refractivity contribution in [3.8, 4) is 0 Å². The number of hydrogen-bond donors (Lipinski definition) is 1. The highest BCUT2D eigenvalue weighted by Crippen LogP contribution is 2.06. The van der Waals surface area contributed by atoms with Gasteiger partial charge < -0.3 is 5.32 Å². The average Bonchev–Trinajstić information content (AvgIpc) is 2.70. The summed E-state index contributed by atoms with van der Waals surface area (Å²) in [6, 6.07) is 7.91. The SMILES string of the molecule is Cc1ccccc1CNC(=O)Cn1c(C)csc1=O. The number of thiazole rings is 1. The molecule has 0 atom stereocenters. The van der Waals surface area contributed by atoms with Crippen LogP contribution in [0.25, 0.3) is 0 Å². The summed E-state index contributed by atoms with van der Waals surface area (Å²) >= 11 is 1.12. The van der Waals surface area contributed by atoms with Crippen molar-refractivity contribution in [3.05, 3.63) is 56.1 Å². The van der Waals surface area contributed by atoms with Gasteiger partial charge in [-0.3, -0.25) is 14.2 Å².